The van der Waals surface area contributed by atoms with E-state index in [2.05, 4.69) is 10.00 Å². The highest BCUT2D eigenvalue weighted by atomic mass is 16.3. The van der Waals surface area contributed by atoms with Crippen LogP contribution < -0.4 is 11.1 Å². The van der Waals surface area contributed by atoms with E-state index in [1.807, 2.05) is 36.4 Å². The van der Waals surface area contributed by atoms with Gasteiger partial charge in [0.2, 0.25) is 0 Å². The summed E-state index contributed by atoms with van der Waals surface area (Å²) in [5.74, 6) is 1.26. The number of furan rings is 1. The zero-order valence-electron chi connectivity index (χ0n) is 14.8. The van der Waals surface area contributed by atoms with E-state index in [-0.39, 0.29) is 5.92 Å². The third kappa shape index (κ3) is 2.84. The van der Waals surface area contributed by atoms with Gasteiger partial charge in [-0.3, -0.25) is 19.1 Å². The first-order valence-corrected chi connectivity index (χ1v) is 9.18. The van der Waals surface area contributed by atoms with Gasteiger partial charge in [-0.15, -0.1) is 0 Å². The van der Waals surface area contributed by atoms with Crippen LogP contribution >= 0.6 is 0 Å². The van der Waals surface area contributed by atoms with Crippen LogP contribution in [-0.4, -0.2) is 32.3 Å². The molecule has 0 bridgehead atoms. The predicted octanol–water partition coefficient (Wildman–Crippen LogP) is 1.28. The molecule has 1 saturated heterocycles. The molecule has 0 N–H and O–H groups in total. The molecule has 2 aromatic heterocycles. The molecule has 138 valence electrons. The van der Waals surface area contributed by atoms with E-state index >= 15 is 0 Å². The maximum Gasteiger partial charge on any atom is 0.332 e. The Morgan fingerprint density at radius 3 is 2.59 bits per heavy atom. The first-order chi connectivity index (χ1) is 13.2. The van der Waals surface area contributed by atoms with Crippen molar-refractivity contribution in [3.63, 3.8) is 0 Å². The molecule has 27 heavy (non-hydrogen) atoms. The van der Waals surface area contributed by atoms with Crippen LogP contribution in [0.2, 0.25) is 0 Å². The Kier molecular flexibility index (Phi) is 3.82. The second-order valence-corrected chi connectivity index (χ2v) is 7.41. The Hall–Kier alpha value is -2.93. The van der Waals surface area contributed by atoms with Crippen molar-refractivity contribution >= 4 is 0 Å². The van der Waals surface area contributed by atoms with Crippen LogP contribution in [0.4, 0.5) is 0 Å². The summed E-state index contributed by atoms with van der Waals surface area (Å²) in [5, 5.41) is 4.61. The Morgan fingerprint density at radius 2 is 1.81 bits per heavy atom. The van der Waals surface area contributed by atoms with Crippen LogP contribution in [0.3, 0.4) is 0 Å². The standard InChI is InChI=1S/C20H20N4O3/c25-19-20(26)24(9-14-4-2-1-3-5-14)21-18-17-12-22(8-15-6-7-27-13-15)10-16(17)11-23(18)19/h1-7,13,16-17H,8-12H2/t16-,17-/m1/s1. The second-order valence-electron chi connectivity index (χ2n) is 7.41. The van der Waals surface area contributed by atoms with Gasteiger partial charge in [-0.2, -0.15) is 5.10 Å². The number of hydrogen-bond donors (Lipinski definition) is 0. The van der Waals surface area contributed by atoms with E-state index in [0.29, 0.717) is 19.0 Å². The molecule has 1 aromatic carbocycles. The Labute approximate surface area is 155 Å². The van der Waals surface area contributed by atoms with Gasteiger partial charge in [-0.25, -0.2) is 4.68 Å². The van der Waals surface area contributed by atoms with E-state index in [1.165, 1.54) is 4.68 Å². The van der Waals surface area contributed by atoms with E-state index in [9.17, 15) is 9.59 Å². The molecular formula is C20H20N4O3. The number of hydrogen-bond acceptors (Lipinski definition) is 5. The van der Waals surface area contributed by atoms with Crippen LogP contribution in [0.1, 0.15) is 22.9 Å². The molecule has 0 unspecified atom stereocenters. The number of fused-ring (bicyclic) bond motifs is 3. The van der Waals surface area contributed by atoms with Crippen molar-refractivity contribution in [1.82, 2.24) is 19.2 Å². The summed E-state index contributed by atoms with van der Waals surface area (Å²) in [7, 11) is 0. The lowest BCUT2D eigenvalue weighted by Crippen LogP contribution is -2.44. The van der Waals surface area contributed by atoms with Gasteiger partial charge in [0.05, 0.1) is 19.1 Å². The van der Waals surface area contributed by atoms with Crippen molar-refractivity contribution in [2.24, 2.45) is 5.92 Å². The minimum absolute atomic E-state index is 0.187. The fourth-order valence-corrected chi connectivity index (χ4v) is 4.31. The lowest BCUT2D eigenvalue weighted by atomic mass is 10.00. The highest BCUT2D eigenvalue weighted by Crippen LogP contribution is 2.37. The molecule has 7 heteroatoms. The minimum Gasteiger partial charge on any atom is -0.472 e. The van der Waals surface area contributed by atoms with Crippen LogP contribution in [0.5, 0.6) is 0 Å². The third-order valence-electron chi connectivity index (χ3n) is 5.59. The van der Waals surface area contributed by atoms with Gasteiger partial charge in [0.15, 0.2) is 0 Å². The van der Waals surface area contributed by atoms with Crippen molar-refractivity contribution < 1.29 is 4.42 Å². The maximum absolute atomic E-state index is 12.6. The summed E-state index contributed by atoms with van der Waals surface area (Å²) in [6.07, 6.45) is 3.45. The molecule has 7 nitrogen and oxygen atoms in total. The predicted molar refractivity (Wildman–Crippen MR) is 98.5 cm³/mol. The summed E-state index contributed by atoms with van der Waals surface area (Å²) in [6, 6.07) is 11.6. The van der Waals surface area contributed by atoms with Gasteiger partial charge in [0.1, 0.15) is 5.82 Å². The molecular weight excluding hydrogens is 344 g/mol. The van der Waals surface area contributed by atoms with Gasteiger partial charge in [0.25, 0.3) is 0 Å². The van der Waals surface area contributed by atoms with Crippen LogP contribution in [0, 0.1) is 5.92 Å². The molecule has 5 rings (SSSR count). The van der Waals surface area contributed by atoms with Crippen molar-refractivity contribution in [2.75, 3.05) is 13.1 Å². The number of likely N-dealkylation sites (tertiary alicyclic amines) is 1. The Morgan fingerprint density at radius 1 is 0.963 bits per heavy atom. The Balaban J connectivity index is 1.44. The van der Waals surface area contributed by atoms with Gasteiger partial charge >= 0.3 is 11.1 Å². The molecule has 2 aliphatic rings. The molecule has 0 spiro atoms. The third-order valence-corrected chi connectivity index (χ3v) is 5.59. The number of benzene rings is 1. The molecule has 4 heterocycles. The normalized spacial score (nSPS) is 21.3. The first-order valence-electron chi connectivity index (χ1n) is 9.18. The molecule has 0 radical (unpaired) electrons. The molecule has 0 saturated carbocycles. The summed E-state index contributed by atoms with van der Waals surface area (Å²) in [5.41, 5.74) is 1.11. The summed E-state index contributed by atoms with van der Waals surface area (Å²) in [4.78, 5) is 27.4. The van der Waals surface area contributed by atoms with Gasteiger partial charge in [0, 0.05) is 43.6 Å². The van der Waals surface area contributed by atoms with Gasteiger partial charge in [-0.05, 0) is 11.6 Å². The SMILES string of the molecule is O=c1c(=O)n2c(nn1Cc1ccccc1)[C@@H]1CN(Cc3ccoc3)C[C@@H]1C2. The monoisotopic (exact) mass is 364 g/mol. The molecule has 1 fully saturated rings. The molecule has 2 atom stereocenters. The number of rotatable bonds is 4. The van der Waals surface area contributed by atoms with Crippen molar-refractivity contribution in [2.45, 2.75) is 25.6 Å². The topological polar surface area (TPSA) is 73.3 Å². The van der Waals surface area contributed by atoms with E-state index in [0.717, 1.165) is 36.6 Å². The zero-order chi connectivity index (χ0) is 18.4. The van der Waals surface area contributed by atoms with Crippen molar-refractivity contribution in [1.29, 1.82) is 0 Å². The highest BCUT2D eigenvalue weighted by Gasteiger charge is 2.42. The quantitative estimate of drug-likeness (QED) is 0.652. The Bertz CT molecular complexity index is 1070. The summed E-state index contributed by atoms with van der Waals surface area (Å²) < 4.78 is 8.07. The average Bonchev–Trinajstić information content (AvgIpc) is 3.38. The number of aromatic nitrogens is 3. The van der Waals surface area contributed by atoms with Crippen LogP contribution in [0.25, 0.3) is 0 Å². The van der Waals surface area contributed by atoms with Crippen molar-refractivity contribution in [3.8, 4) is 0 Å². The molecule has 0 amide bonds. The van der Waals surface area contributed by atoms with E-state index < -0.39 is 11.1 Å². The summed E-state index contributed by atoms with van der Waals surface area (Å²) >= 11 is 0. The zero-order valence-corrected chi connectivity index (χ0v) is 14.8. The molecule has 2 aliphatic heterocycles. The maximum atomic E-state index is 12.6. The fourth-order valence-electron chi connectivity index (χ4n) is 4.31. The van der Waals surface area contributed by atoms with Gasteiger partial charge < -0.3 is 4.42 Å². The smallest absolute Gasteiger partial charge is 0.332 e. The molecule has 3 aromatic rings. The lowest BCUT2D eigenvalue weighted by Gasteiger charge is -2.17. The highest BCUT2D eigenvalue weighted by molar-refractivity contribution is 5.16. The lowest BCUT2D eigenvalue weighted by molar-refractivity contribution is 0.303. The first kappa shape index (κ1) is 16.3. The van der Waals surface area contributed by atoms with E-state index in [4.69, 9.17) is 4.42 Å². The largest absolute Gasteiger partial charge is 0.472 e. The fraction of sp³-hybridized carbons (Fsp3) is 0.350. The molecule has 0 aliphatic carbocycles. The number of nitrogens with zero attached hydrogens (tertiary/aromatic N) is 4. The minimum atomic E-state index is -0.544. The average molecular weight is 364 g/mol. The van der Waals surface area contributed by atoms with Crippen LogP contribution in [0.15, 0.2) is 62.9 Å². The van der Waals surface area contributed by atoms with Crippen molar-refractivity contribution in [3.05, 3.63) is 86.6 Å². The summed E-state index contributed by atoms with van der Waals surface area (Å²) in [6.45, 7) is 3.46. The second kappa shape index (κ2) is 6.35. The van der Waals surface area contributed by atoms with Gasteiger partial charge in [-0.1, -0.05) is 30.3 Å². The van der Waals surface area contributed by atoms with E-state index in [1.54, 1.807) is 17.1 Å². The van der Waals surface area contributed by atoms with Crippen LogP contribution in [-0.2, 0) is 19.6 Å².